The quantitative estimate of drug-likeness (QED) is 0.515. The Balaban J connectivity index is 1.19. The van der Waals surface area contributed by atoms with Crippen molar-refractivity contribution in [3.63, 3.8) is 0 Å². The van der Waals surface area contributed by atoms with Gasteiger partial charge in [0.15, 0.2) is 0 Å². The number of hydrogen-bond acceptors (Lipinski definition) is 6. The highest BCUT2D eigenvalue weighted by Crippen LogP contribution is 2.34. The highest BCUT2D eigenvalue weighted by Gasteiger charge is 2.42. The van der Waals surface area contributed by atoms with Crippen LogP contribution in [0.2, 0.25) is 0 Å². The molecule has 8 heteroatoms. The lowest BCUT2D eigenvalue weighted by Gasteiger charge is -2.23. The van der Waals surface area contributed by atoms with Crippen molar-refractivity contribution >= 4 is 22.8 Å². The van der Waals surface area contributed by atoms with E-state index in [2.05, 4.69) is 20.1 Å². The van der Waals surface area contributed by atoms with Crippen molar-refractivity contribution in [1.29, 1.82) is 0 Å². The molecule has 2 unspecified atom stereocenters. The normalized spacial score (nSPS) is 20.4. The van der Waals surface area contributed by atoms with Crippen LogP contribution in [0.5, 0.6) is 0 Å². The van der Waals surface area contributed by atoms with Gasteiger partial charge in [0.25, 0.3) is 5.91 Å². The fourth-order valence-electron chi connectivity index (χ4n) is 4.79. The van der Waals surface area contributed by atoms with Gasteiger partial charge in [-0.3, -0.25) is 9.78 Å². The molecule has 2 fully saturated rings. The topological polar surface area (TPSA) is 80.0 Å². The smallest absolute Gasteiger partial charge is 0.256 e. The van der Waals surface area contributed by atoms with E-state index in [1.807, 2.05) is 59.6 Å². The molecule has 154 valence electrons. The summed E-state index contributed by atoms with van der Waals surface area (Å²) in [5.74, 6) is 1.83. The van der Waals surface area contributed by atoms with E-state index in [4.69, 9.17) is 4.98 Å². The molecule has 2 saturated heterocycles. The maximum absolute atomic E-state index is 13.3. The highest BCUT2D eigenvalue weighted by molar-refractivity contribution is 5.98. The molecule has 31 heavy (non-hydrogen) atoms. The van der Waals surface area contributed by atoms with Gasteiger partial charge in [-0.15, -0.1) is 0 Å². The van der Waals surface area contributed by atoms with E-state index in [1.54, 1.807) is 12.4 Å². The van der Waals surface area contributed by atoms with E-state index in [0.717, 1.165) is 43.0 Å². The minimum Gasteiger partial charge on any atom is -0.355 e. The van der Waals surface area contributed by atoms with Gasteiger partial charge < -0.3 is 9.80 Å². The van der Waals surface area contributed by atoms with Crippen molar-refractivity contribution in [3.05, 3.63) is 72.7 Å². The Morgan fingerprint density at radius 1 is 0.839 bits per heavy atom. The molecule has 1 amide bonds. The number of benzene rings is 2. The third kappa shape index (κ3) is 3.11. The van der Waals surface area contributed by atoms with Crippen molar-refractivity contribution in [2.75, 3.05) is 31.1 Å². The van der Waals surface area contributed by atoms with E-state index >= 15 is 0 Å². The van der Waals surface area contributed by atoms with Crippen molar-refractivity contribution in [2.45, 2.75) is 0 Å². The van der Waals surface area contributed by atoms with E-state index in [0.29, 0.717) is 23.1 Å². The number of rotatable bonds is 3. The summed E-state index contributed by atoms with van der Waals surface area (Å²) in [6.45, 7) is 3.29. The van der Waals surface area contributed by atoms with Crippen molar-refractivity contribution in [3.8, 4) is 5.69 Å². The number of nitrogens with zero attached hydrogens (tertiary/aromatic N) is 7. The minimum atomic E-state index is 0.0411. The molecule has 2 aliphatic rings. The number of amides is 1. The van der Waals surface area contributed by atoms with Crippen LogP contribution < -0.4 is 4.90 Å². The molecular weight excluding hydrogens is 390 g/mol. The predicted molar refractivity (Wildman–Crippen MR) is 116 cm³/mol. The first-order valence-electron chi connectivity index (χ1n) is 10.5. The van der Waals surface area contributed by atoms with Crippen LogP contribution in [0.4, 0.5) is 5.82 Å². The molecule has 8 nitrogen and oxygen atoms in total. The van der Waals surface area contributed by atoms with E-state index in [1.165, 1.54) is 4.80 Å². The Hall–Kier alpha value is -3.81. The van der Waals surface area contributed by atoms with Crippen LogP contribution in [0.1, 0.15) is 10.4 Å². The lowest BCUT2D eigenvalue weighted by molar-refractivity contribution is 0.0782. The summed E-state index contributed by atoms with van der Waals surface area (Å²) in [5, 5.41) is 8.39. The second kappa shape index (κ2) is 7.16. The van der Waals surface area contributed by atoms with Gasteiger partial charge in [-0.05, 0) is 24.3 Å². The van der Waals surface area contributed by atoms with Crippen molar-refractivity contribution < 1.29 is 4.79 Å². The Kier molecular flexibility index (Phi) is 4.15. The van der Waals surface area contributed by atoms with Crippen LogP contribution in [-0.2, 0) is 0 Å². The molecule has 2 aromatic carbocycles. The molecule has 0 saturated carbocycles. The fraction of sp³-hybridized carbons (Fsp3) is 0.261. The first kappa shape index (κ1) is 18.0. The summed E-state index contributed by atoms with van der Waals surface area (Å²) >= 11 is 0. The lowest BCUT2D eigenvalue weighted by atomic mass is 10.0. The summed E-state index contributed by atoms with van der Waals surface area (Å²) < 4.78 is 0. The van der Waals surface area contributed by atoms with Gasteiger partial charge in [0.05, 0.1) is 40.9 Å². The van der Waals surface area contributed by atoms with Gasteiger partial charge in [-0.25, -0.2) is 4.98 Å². The standard InChI is InChI=1S/C23H21N7O/c31-23(18-5-1-4-8-21(18)30-25-9-10-26-30)29-14-16-12-28(13-17(16)15-29)22-11-24-19-6-2-3-7-20(19)27-22/h1-11,16-17H,12-15H2. The molecule has 0 aliphatic carbocycles. The maximum atomic E-state index is 13.3. The number of carbonyl (C=O) groups is 1. The molecule has 0 bridgehead atoms. The van der Waals surface area contributed by atoms with Crippen molar-refractivity contribution in [2.24, 2.45) is 11.8 Å². The summed E-state index contributed by atoms with van der Waals surface area (Å²) in [6, 6.07) is 15.5. The number of aromatic nitrogens is 5. The van der Waals surface area contributed by atoms with Gasteiger partial charge in [0, 0.05) is 38.0 Å². The van der Waals surface area contributed by atoms with Crippen LogP contribution in [0.3, 0.4) is 0 Å². The summed E-state index contributed by atoms with van der Waals surface area (Å²) in [5.41, 5.74) is 3.17. The van der Waals surface area contributed by atoms with E-state index in [-0.39, 0.29) is 5.91 Å². The highest BCUT2D eigenvalue weighted by atomic mass is 16.2. The van der Waals surface area contributed by atoms with Gasteiger partial charge in [-0.1, -0.05) is 24.3 Å². The zero-order valence-electron chi connectivity index (χ0n) is 16.9. The van der Waals surface area contributed by atoms with Gasteiger partial charge in [0.2, 0.25) is 0 Å². The number of carbonyl (C=O) groups excluding carboxylic acids is 1. The van der Waals surface area contributed by atoms with Gasteiger partial charge in [0.1, 0.15) is 5.82 Å². The third-order valence-electron chi connectivity index (χ3n) is 6.30. The van der Waals surface area contributed by atoms with E-state index in [9.17, 15) is 4.79 Å². The molecular formula is C23H21N7O. The largest absolute Gasteiger partial charge is 0.355 e. The molecule has 6 rings (SSSR count). The average molecular weight is 411 g/mol. The summed E-state index contributed by atoms with van der Waals surface area (Å²) in [7, 11) is 0. The number of fused-ring (bicyclic) bond motifs is 2. The second-order valence-corrected chi connectivity index (χ2v) is 8.19. The monoisotopic (exact) mass is 411 g/mol. The van der Waals surface area contributed by atoms with Crippen LogP contribution in [0.15, 0.2) is 67.1 Å². The third-order valence-corrected chi connectivity index (χ3v) is 6.30. The Morgan fingerprint density at radius 2 is 1.52 bits per heavy atom. The Morgan fingerprint density at radius 3 is 2.29 bits per heavy atom. The average Bonchev–Trinajstić information content (AvgIpc) is 3.55. The number of anilines is 1. The lowest BCUT2D eigenvalue weighted by Crippen LogP contribution is -2.34. The maximum Gasteiger partial charge on any atom is 0.256 e. The molecule has 2 aliphatic heterocycles. The molecule has 0 spiro atoms. The van der Waals surface area contributed by atoms with E-state index < -0.39 is 0 Å². The molecule has 2 atom stereocenters. The first-order chi connectivity index (χ1) is 15.3. The molecule has 4 heterocycles. The predicted octanol–water partition coefficient (Wildman–Crippen LogP) is 2.42. The number of likely N-dealkylation sites (tertiary alicyclic amines) is 1. The van der Waals surface area contributed by atoms with Crippen LogP contribution >= 0.6 is 0 Å². The molecule has 4 aromatic rings. The van der Waals surface area contributed by atoms with Crippen LogP contribution in [-0.4, -0.2) is 61.9 Å². The Bertz CT molecular complexity index is 1240. The number of hydrogen-bond donors (Lipinski definition) is 0. The van der Waals surface area contributed by atoms with Crippen LogP contribution in [0, 0.1) is 11.8 Å². The van der Waals surface area contributed by atoms with Gasteiger partial charge in [-0.2, -0.15) is 15.0 Å². The van der Waals surface area contributed by atoms with Crippen LogP contribution in [0.25, 0.3) is 16.7 Å². The van der Waals surface area contributed by atoms with Gasteiger partial charge >= 0.3 is 0 Å². The fourth-order valence-corrected chi connectivity index (χ4v) is 4.79. The molecule has 0 N–H and O–H groups in total. The molecule has 2 aromatic heterocycles. The first-order valence-corrected chi connectivity index (χ1v) is 10.5. The summed E-state index contributed by atoms with van der Waals surface area (Å²) in [4.78, 5) is 28.4. The minimum absolute atomic E-state index is 0.0411. The molecule has 0 radical (unpaired) electrons. The Labute approximate surface area is 179 Å². The number of para-hydroxylation sites is 3. The SMILES string of the molecule is O=C(c1ccccc1-n1nccn1)N1CC2CN(c3cnc4ccccc4n3)CC2C1. The zero-order valence-corrected chi connectivity index (χ0v) is 16.9. The summed E-state index contributed by atoms with van der Waals surface area (Å²) in [6.07, 6.45) is 5.09. The second-order valence-electron chi connectivity index (χ2n) is 8.19. The zero-order chi connectivity index (χ0) is 20.8. The van der Waals surface area contributed by atoms with Crippen molar-refractivity contribution in [1.82, 2.24) is 29.9 Å².